The maximum atomic E-state index is 11.7. The molecule has 8 heteroatoms. The van der Waals surface area contributed by atoms with Crippen LogP contribution in [-0.4, -0.2) is 65.4 Å². The summed E-state index contributed by atoms with van der Waals surface area (Å²) in [5.74, 6) is -2.44. The van der Waals surface area contributed by atoms with Gasteiger partial charge in [-0.2, -0.15) is 0 Å². The zero-order valence-corrected chi connectivity index (χ0v) is 12.5. The van der Waals surface area contributed by atoms with Crippen LogP contribution in [0.25, 0.3) is 0 Å². The van der Waals surface area contributed by atoms with Crippen LogP contribution in [0.2, 0.25) is 0 Å². The van der Waals surface area contributed by atoms with Crippen molar-refractivity contribution in [1.29, 1.82) is 0 Å². The number of urea groups is 1. The van der Waals surface area contributed by atoms with Gasteiger partial charge >= 0.3 is 12.0 Å². The zero-order valence-electron chi connectivity index (χ0n) is 12.5. The van der Waals surface area contributed by atoms with E-state index >= 15 is 0 Å². The average molecular weight is 299 g/mol. The summed E-state index contributed by atoms with van der Waals surface area (Å²) in [6.07, 6.45) is 0.444. The van der Waals surface area contributed by atoms with E-state index in [-0.39, 0.29) is 25.6 Å². The Balaban J connectivity index is 2.48. The monoisotopic (exact) mass is 299 g/mol. The van der Waals surface area contributed by atoms with Gasteiger partial charge in [0.1, 0.15) is 13.1 Å². The molecule has 0 aromatic carbocycles. The van der Waals surface area contributed by atoms with Gasteiger partial charge in [0, 0.05) is 13.6 Å². The highest BCUT2D eigenvalue weighted by molar-refractivity contribution is 6.04. The Kier molecular flexibility index (Phi) is 5.69. The summed E-state index contributed by atoms with van der Waals surface area (Å²) in [6.45, 7) is 3.36. The molecule has 8 nitrogen and oxygen atoms in total. The van der Waals surface area contributed by atoms with Gasteiger partial charge in [-0.25, -0.2) is 4.79 Å². The number of carbonyl (C=O) groups is 4. The quantitative estimate of drug-likeness (QED) is 0.630. The fourth-order valence-electron chi connectivity index (χ4n) is 2.10. The molecular weight excluding hydrogens is 278 g/mol. The molecule has 0 aromatic rings. The average Bonchev–Trinajstić information content (AvgIpc) is 2.60. The smallest absolute Gasteiger partial charge is 0.327 e. The Morgan fingerprint density at radius 1 is 1.33 bits per heavy atom. The summed E-state index contributed by atoms with van der Waals surface area (Å²) in [4.78, 5) is 48.0. The van der Waals surface area contributed by atoms with Crippen LogP contribution < -0.4 is 5.32 Å². The molecular formula is C13H21N3O5. The third-order valence-electron chi connectivity index (χ3n) is 3.18. The van der Waals surface area contributed by atoms with E-state index in [4.69, 9.17) is 5.11 Å². The summed E-state index contributed by atoms with van der Waals surface area (Å²) < 4.78 is 0. The Morgan fingerprint density at radius 3 is 2.38 bits per heavy atom. The van der Waals surface area contributed by atoms with Crippen molar-refractivity contribution >= 4 is 23.8 Å². The maximum absolute atomic E-state index is 11.7. The number of nitrogens with zero attached hydrogens (tertiary/aromatic N) is 2. The number of carboxylic acids is 1. The molecule has 1 aliphatic heterocycles. The van der Waals surface area contributed by atoms with Crippen molar-refractivity contribution in [3.05, 3.63) is 0 Å². The topological polar surface area (TPSA) is 107 Å². The Hall–Kier alpha value is -2.12. The first kappa shape index (κ1) is 16.9. The van der Waals surface area contributed by atoms with E-state index in [2.05, 4.69) is 5.32 Å². The number of rotatable bonds is 7. The second-order valence-corrected chi connectivity index (χ2v) is 5.59. The largest absolute Gasteiger partial charge is 0.481 e. The van der Waals surface area contributed by atoms with Gasteiger partial charge in [-0.05, 0) is 12.3 Å². The molecule has 1 unspecified atom stereocenters. The molecule has 0 saturated carbocycles. The third kappa shape index (κ3) is 4.73. The van der Waals surface area contributed by atoms with Gasteiger partial charge in [0.15, 0.2) is 0 Å². The highest BCUT2D eigenvalue weighted by Gasteiger charge is 2.34. The number of carbonyl (C=O) groups excluding carboxylic acids is 3. The van der Waals surface area contributed by atoms with Gasteiger partial charge in [-0.1, -0.05) is 13.8 Å². The molecule has 0 aliphatic carbocycles. The molecule has 1 fully saturated rings. The van der Waals surface area contributed by atoms with Crippen molar-refractivity contribution in [2.45, 2.75) is 20.3 Å². The molecule has 1 heterocycles. The zero-order chi connectivity index (χ0) is 16.2. The number of hydrogen-bond donors (Lipinski definition) is 2. The molecule has 0 aromatic heterocycles. The highest BCUT2D eigenvalue weighted by Crippen LogP contribution is 2.11. The van der Waals surface area contributed by atoms with Crippen molar-refractivity contribution in [1.82, 2.24) is 15.1 Å². The predicted molar refractivity (Wildman–Crippen MR) is 73.3 cm³/mol. The van der Waals surface area contributed by atoms with Gasteiger partial charge in [-0.15, -0.1) is 0 Å². The van der Waals surface area contributed by atoms with E-state index in [0.29, 0.717) is 6.42 Å². The minimum atomic E-state index is -0.975. The summed E-state index contributed by atoms with van der Waals surface area (Å²) in [7, 11) is 1.47. The lowest BCUT2D eigenvalue weighted by Gasteiger charge is -2.17. The first-order valence-corrected chi connectivity index (χ1v) is 6.77. The van der Waals surface area contributed by atoms with Gasteiger partial charge < -0.3 is 15.3 Å². The van der Waals surface area contributed by atoms with E-state index < -0.39 is 29.7 Å². The summed E-state index contributed by atoms with van der Waals surface area (Å²) >= 11 is 0. The maximum Gasteiger partial charge on any atom is 0.327 e. The van der Waals surface area contributed by atoms with Gasteiger partial charge in [0.05, 0.1) is 5.92 Å². The second kappa shape index (κ2) is 7.05. The van der Waals surface area contributed by atoms with Crippen molar-refractivity contribution in [2.24, 2.45) is 11.8 Å². The Labute approximate surface area is 123 Å². The number of carboxylic acid groups (broad SMARTS) is 1. The summed E-state index contributed by atoms with van der Waals surface area (Å²) in [6, 6.07) is -0.521. The minimum Gasteiger partial charge on any atom is -0.481 e. The first-order valence-electron chi connectivity index (χ1n) is 6.77. The second-order valence-electron chi connectivity index (χ2n) is 5.59. The number of hydrogen-bond acceptors (Lipinski definition) is 4. The highest BCUT2D eigenvalue weighted by atomic mass is 16.4. The molecule has 1 rings (SSSR count). The fraction of sp³-hybridized carbons (Fsp3) is 0.692. The van der Waals surface area contributed by atoms with Gasteiger partial charge in [0.2, 0.25) is 5.91 Å². The van der Waals surface area contributed by atoms with E-state index in [9.17, 15) is 19.2 Å². The van der Waals surface area contributed by atoms with Crippen LogP contribution in [0.3, 0.4) is 0 Å². The van der Waals surface area contributed by atoms with Gasteiger partial charge in [0.25, 0.3) is 5.91 Å². The first-order chi connectivity index (χ1) is 9.72. The lowest BCUT2D eigenvalue weighted by Crippen LogP contribution is -2.43. The van der Waals surface area contributed by atoms with Crippen LogP contribution in [-0.2, 0) is 14.4 Å². The van der Waals surface area contributed by atoms with Crippen LogP contribution >= 0.6 is 0 Å². The van der Waals surface area contributed by atoms with Crippen molar-refractivity contribution in [2.75, 3.05) is 26.7 Å². The number of aliphatic carboxylic acids is 1. The SMILES string of the molecule is CC(C)CC(CNC(=O)CN1C(=O)CN(C)C1=O)C(=O)O. The predicted octanol–water partition coefficient (Wildman–Crippen LogP) is -0.256. The van der Waals surface area contributed by atoms with E-state index in [1.807, 2.05) is 13.8 Å². The number of likely N-dealkylation sites (N-methyl/N-ethyl adjacent to an activating group) is 1. The number of imide groups is 1. The molecule has 4 amide bonds. The molecule has 1 atom stereocenters. The number of amides is 4. The molecule has 0 bridgehead atoms. The number of nitrogens with one attached hydrogen (secondary N) is 1. The molecule has 0 spiro atoms. The molecule has 2 N–H and O–H groups in total. The van der Waals surface area contributed by atoms with Crippen LogP contribution in [0.15, 0.2) is 0 Å². The summed E-state index contributed by atoms with van der Waals surface area (Å²) in [5.41, 5.74) is 0. The standard InChI is InChI=1S/C13H21N3O5/c1-8(2)4-9(12(19)20)5-14-10(17)6-16-11(18)7-15(3)13(16)21/h8-9H,4-7H2,1-3H3,(H,14,17)(H,19,20). The fourth-order valence-corrected chi connectivity index (χ4v) is 2.10. The molecule has 1 saturated heterocycles. The molecule has 118 valence electrons. The van der Waals surface area contributed by atoms with Crippen LogP contribution in [0.5, 0.6) is 0 Å². The molecule has 21 heavy (non-hydrogen) atoms. The van der Waals surface area contributed by atoms with E-state index in [1.165, 1.54) is 11.9 Å². The van der Waals surface area contributed by atoms with Crippen LogP contribution in [0.1, 0.15) is 20.3 Å². The normalized spacial score (nSPS) is 16.6. The lowest BCUT2D eigenvalue weighted by molar-refractivity contribution is -0.142. The Bertz CT molecular complexity index is 449. The van der Waals surface area contributed by atoms with Crippen molar-refractivity contribution in [3.8, 4) is 0 Å². The minimum absolute atomic E-state index is 0.0155. The van der Waals surface area contributed by atoms with Crippen LogP contribution in [0.4, 0.5) is 4.79 Å². The van der Waals surface area contributed by atoms with Gasteiger partial charge in [-0.3, -0.25) is 19.3 Å². The van der Waals surface area contributed by atoms with E-state index in [1.54, 1.807) is 0 Å². The lowest BCUT2D eigenvalue weighted by atomic mass is 9.97. The van der Waals surface area contributed by atoms with Crippen LogP contribution in [0, 0.1) is 11.8 Å². The van der Waals surface area contributed by atoms with E-state index in [0.717, 1.165) is 4.90 Å². The molecule has 0 radical (unpaired) electrons. The third-order valence-corrected chi connectivity index (χ3v) is 3.18. The molecule has 1 aliphatic rings. The summed E-state index contributed by atoms with van der Waals surface area (Å²) in [5, 5.41) is 11.5. The van der Waals surface area contributed by atoms with Crippen molar-refractivity contribution < 1.29 is 24.3 Å². The van der Waals surface area contributed by atoms with Crippen molar-refractivity contribution in [3.63, 3.8) is 0 Å². The Morgan fingerprint density at radius 2 is 1.95 bits per heavy atom.